The number of carbonyl (C=O) groups is 2. The zero-order valence-electron chi connectivity index (χ0n) is 14.8. The average Bonchev–Trinajstić information content (AvgIpc) is 3.27. The summed E-state index contributed by atoms with van der Waals surface area (Å²) in [5, 5.41) is 5.58. The van der Waals surface area contributed by atoms with Gasteiger partial charge in [-0.05, 0) is 35.7 Å². The Kier molecular flexibility index (Phi) is 3.91. The standard InChI is InChI=1S/C22H15N3O2S/c26-21-13-25(19-9-4-3-8-17(19)24-21)22(27)15-12-18(20-10-5-11-28-20)23-16-7-2-1-6-14(15)16/h1-12H,13H2,(H,24,26). The van der Waals surface area contributed by atoms with Crippen molar-refractivity contribution in [2.45, 2.75) is 0 Å². The Bertz CT molecular complexity index is 1220. The van der Waals surface area contributed by atoms with Crippen molar-refractivity contribution < 1.29 is 9.59 Å². The van der Waals surface area contributed by atoms with Crippen LogP contribution in [0.15, 0.2) is 72.1 Å². The van der Waals surface area contributed by atoms with Crippen LogP contribution in [0.2, 0.25) is 0 Å². The zero-order chi connectivity index (χ0) is 19.1. The molecule has 0 aliphatic carbocycles. The predicted octanol–water partition coefficient (Wildman–Crippen LogP) is 4.56. The van der Waals surface area contributed by atoms with E-state index in [-0.39, 0.29) is 18.4 Å². The Hall–Kier alpha value is -3.51. The number of aromatic nitrogens is 1. The van der Waals surface area contributed by atoms with E-state index >= 15 is 0 Å². The number of hydrogen-bond donors (Lipinski definition) is 1. The van der Waals surface area contributed by atoms with Gasteiger partial charge >= 0.3 is 0 Å². The van der Waals surface area contributed by atoms with Gasteiger partial charge in [0, 0.05) is 5.39 Å². The quantitative estimate of drug-likeness (QED) is 0.550. The number of hydrogen-bond acceptors (Lipinski definition) is 4. The molecule has 2 aromatic carbocycles. The molecule has 136 valence electrons. The summed E-state index contributed by atoms with van der Waals surface area (Å²) in [4.78, 5) is 33.0. The maximum absolute atomic E-state index is 13.6. The lowest BCUT2D eigenvalue weighted by atomic mass is 10.0. The fourth-order valence-corrected chi connectivity index (χ4v) is 4.15. The number of benzene rings is 2. The van der Waals surface area contributed by atoms with E-state index in [1.165, 1.54) is 4.90 Å². The van der Waals surface area contributed by atoms with Gasteiger partial charge in [0.2, 0.25) is 5.91 Å². The zero-order valence-corrected chi connectivity index (χ0v) is 15.6. The van der Waals surface area contributed by atoms with E-state index in [2.05, 4.69) is 5.32 Å². The van der Waals surface area contributed by atoms with Crippen LogP contribution in [0, 0.1) is 0 Å². The maximum atomic E-state index is 13.6. The van der Waals surface area contributed by atoms with E-state index in [1.807, 2.05) is 66.0 Å². The number of fused-ring (bicyclic) bond motifs is 2. The van der Waals surface area contributed by atoms with E-state index in [0.29, 0.717) is 16.9 Å². The first-order chi connectivity index (χ1) is 13.7. The number of nitrogens with zero attached hydrogens (tertiary/aromatic N) is 2. The molecule has 1 aliphatic rings. The Morgan fingerprint density at radius 2 is 1.86 bits per heavy atom. The molecule has 3 heterocycles. The maximum Gasteiger partial charge on any atom is 0.259 e. The van der Waals surface area contributed by atoms with Crippen LogP contribution in [0.1, 0.15) is 10.4 Å². The van der Waals surface area contributed by atoms with Crippen LogP contribution >= 0.6 is 11.3 Å². The lowest BCUT2D eigenvalue weighted by molar-refractivity contribution is -0.115. The molecule has 2 aromatic heterocycles. The van der Waals surface area contributed by atoms with Crippen molar-refractivity contribution in [3.63, 3.8) is 0 Å². The third kappa shape index (κ3) is 2.75. The molecule has 5 rings (SSSR count). The summed E-state index contributed by atoms with van der Waals surface area (Å²) in [6, 6.07) is 20.7. The smallest absolute Gasteiger partial charge is 0.259 e. The van der Waals surface area contributed by atoms with Crippen LogP contribution in [-0.4, -0.2) is 23.3 Å². The Morgan fingerprint density at radius 1 is 1.04 bits per heavy atom. The number of carbonyl (C=O) groups excluding carboxylic acids is 2. The van der Waals surface area contributed by atoms with Gasteiger partial charge in [-0.2, -0.15) is 0 Å². The minimum atomic E-state index is -0.210. The first-order valence-electron chi connectivity index (χ1n) is 8.85. The molecule has 1 N–H and O–H groups in total. The summed E-state index contributed by atoms with van der Waals surface area (Å²) in [6.07, 6.45) is 0. The van der Waals surface area contributed by atoms with E-state index in [1.54, 1.807) is 17.4 Å². The lowest BCUT2D eigenvalue weighted by Crippen LogP contribution is -2.42. The largest absolute Gasteiger partial charge is 0.323 e. The second-order valence-corrected chi connectivity index (χ2v) is 7.45. The molecule has 5 nitrogen and oxygen atoms in total. The monoisotopic (exact) mass is 385 g/mol. The molecular formula is C22H15N3O2S. The van der Waals surface area contributed by atoms with Crippen LogP contribution in [-0.2, 0) is 4.79 Å². The van der Waals surface area contributed by atoms with Crippen molar-refractivity contribution in [3.05, 3.63) is 77.7 Å². The van der Waals surface area contributed by atoms with Gasteiger partial charge in [0.25, 0.3) is 5.91 Å². The summed E-state index contributed by atoms with van der Waals surface area (Å²) in [7, 11) is 0. The highest BCUT2D eigenvalue weighted by atomic mass is 32.1. The molecule has 6 heteroatoms. The van der Waals surface area contributed by atoms with Crippen molar-refractivity contribution >= 4 is 45.4 Å². The highest BCUT2D eigenvalue weighted by Gasteiger charge is 2.28. The lowest BCUT2D eigenvalue weighted by Gasteiger charge is -2.29. The number of rotatable bonds is 2. The van der Waals surface area contributed by atoms with E-state index in [9.17, 15) is 9.59 Å². The molecule has 0 saturated heterocycles. The highest BCUT2D eigenvalue weighted by molar-refractivity contribution is 7.13. The SMILES string of the molecule is O=C1CN(C(=O)c2cc(-c3cccs3)nc3ccccc23)c2ccccc2N1. The molecule has 28 heavy (non-hydrogen) atoms. The third-order valence-corrected chi connectivity index (χ3v) is 5.63. The fraction of sp³-hybridized carbons (Fsp3) is 0.0455. The van der Waals surface area contributed by atoms with Crippen molar-refractivity contribution in [1.82, 2.24) is 4.98 Å². The molecule has 0 fully saturated rings. The van der Waals surface area contributed by atoms with Crippen LogP contribution in [0.5, 0.6) is 0 Å². The normalized spacial score (nSPS) is 13.3. The van der Waals surface area contributed by atoms with Gasteiger partial charge in [-0.3, -0.25) is 14.5 Å². The van der Waals surface area contributed by atoms with Crippen molar-refractivity contribution in [3.8, 4) is 10.6 Å². The second-order valence-electron chi connectivity index (χ2n) is 6.51. The summed E-state index contributed by atoms with van der Waals surface area (Å²) in [6.45, 7) is -0.0131. The molecule has 0 bridgehead atoms. The molecule has 0 saturated carbocycles. The van der Waals surface area contributed by atoms with Gasteiger partial charge in [0.1, 0.15) is 6.54 Å². The molecule has 0 radical (unpaired) electrons. The number of para-hydroxylation sites is 3. The fourth-order valence-electron chi connectivity index (χ4n) is 3.46. The van der Waals surface area contributed by atoms with Gasteiger partial charge < -0.3 is 5.32 Å². The average molecular weight is 385 g/mol. The van der Waals surface area contributed by atoms with Crippen molar-refractivity contribution in [2.75, 3.05) is 16.8 Å². The number of amides is 2. The Labute approximate surface area is 165 Å². The first-order valence-corrected chi connectivity index (χ1v) is 9.73. The predicted molar refractivity (Wildman–Crippen MR) is 112 cm³/mol. The second kappa shape index (κ2) is 6.58. The topological polar surface area (TPSA) is 62.3 Å². The van der Waals surface area contributed by atoms with E-state index < -0.39 is 0 Å². The minimum absolute atomic E-state index is 0.0131. The molecule has 0 unspecified atom stereocenters. The van der Waals surface area contributed by atoms with Crippen molar-refractivity contribution in [2.24, 2.45) is 0 Å². The van der Waals surface area contributed by atoms with Crippen LogP contribution in [0.25, 0.3) is 21.5 Å². The number of thiophene rings is 1. The van der Waals surface area contributed by atoms with Crippen LogP contribution in [0.3, 0.4) is 0 Å². The van der Waals surface area contributed by atoms with Gasteiger partial charge in [-0.25, -0.2) is 4.98 Å². The first kappa shape index (κ1) is 16.6. The molecule has 1 aliphatic heterocycles. The number of nitrogens with one attached hydrogen (secondary N) is 1. The summed E-state index contributed by atoms with van der Waals surface area (Å²) in [5.74, 6) is -0.414. The molecule has 4 aromatic rings. The van der Waals surface area contributed by atoms with Crippen LogP contribution in [0.4, 0.5) is 11.4 Å². The molecule has 2 amide bonds. The van der Waals surface area contributed by atoms with Gasteiger partial charge in [0.15, 0.2) is 0 Å². The summed E-state index contributed by atoms with van der Waals surface area (Å²) in [5.41, 5.74) is 3.39. The number of anilines is 2. The van der Waals surface area contributed by atoms with Crippen LogP contribution < -0.4 is 10.2 Å². The van der Waals surface area contributed by atoms with Gasteiger partial charge in [-0.15, -0.1) is 11.3 Å². The third-order valence-electron chi connectivity index (χ3n) is 4.74. The van der Waals surface area contributed by atoms with Gasteiger partial charge in [-0.1, -0.05) is 36.4 Å². The minimum Gasteiger partial charge on any atom is -0.323 e. The number of pyridine rings is 1. The highest BCUT2D eigenvalue weighted by Crippen LogP contribution is 2.33. The van der Waals surface area contributed by atoms with E-state index in [4.69, 9.17) is 4.98 Å². The summed E-state index contributed by atoms with van der Waals surface area (Å²) < 4.78 is 0. The van der Waals surface area contributed by atoms with Crippen molar-refractivity contribution in [1.29, 1.82) is 0 Å². The Morgan fingerprint density at radius 3 is 2.71 bits per heavy atom. The summed E-state index contributed by atoms with van der Waals surface area (Å²) >= 11 is 1.58. The van der Waals surface area contributed by atoms with E-state index in [0.717, 1.165) is 21.5 Å². The molecular weight excluding hydrogens is 370 g/mol. The molecule has 0 atom stereocenters. The van der Waals surface area contributed by atoms with Gasteiger partial charge in [0.05, 0.1) is 33.0 Å². The Balaban J connectivity index is 1.69. The molecule has 0 spiro atoms.